The number of unbranched alkanes of at least 4 members (excludes halogenated alkanes) is 1. The number of carboxylic acid groups (broad SMARTS) is 1. The topological polar surface area (TPSA) is 37.3 Å². The van der Waals surface area contributed by atoms with E-state index in [4.69, 9.17) is 5.11 Å². The van der Waals surface area contributed by atoms with E-state index in [-0.39, 0.29) is 10.8 Å². The van der Waals surface area contributed by atoms with Crippen LogP contribution in [-0.2, 0) is 17.3 Å². The van der Waals surface area contributed by atoms with Crippen molar-refractivity contribution in [3.63, 3.8) is 0 Å². The van der Waals surface area contributed by atoms with Gasteiger partial charge in [-0.05, 0) is 82.0 Å². The predicted octanol–water partition coefficient (Wildman–Crippen LogP) is 7.49. The maximum atomic E-state index is 11.1. The largest absolute Gasteiger partial charge is 0.478 e. The summed E-state index contributed by atoms with van der Waals surface area (Å²) in [4.78, 5) is 11.1. The molecule has 1 N–H and O–H groups in total. The molecule has 1 aliphatic carbocycles. The van der Waals surface area contributed by atoms with E-state index in [0.29, 0.717) is 11.5 Å². The lowest BCUT2D eigenvalue weighted by molar-refractivity contribution is 0.0697. The van der Waals surface area contributed by atoms with Crippen LogP contribution < -0.4 is 0 Å². The zero-order valence-corrected chi connectivity index (χ0v) is 19.6. The van der Waals surface area contributed by atoms with Crippen LogP contribution in [0.5, 0.6) is 0 Å². The van der Waals surface area contributed by atoms with Gasteiger partial charge < -0.3 is 5.11 Å². The Labute approximate surface area is 182 Å². The van der Waals surface area contributed by atoms with Crippen LogP contribution in [0.1, 0.15) is 99.5 Å². The molecule has 30 heavy (non-hydrogen) atoms. The van der Waals surface area contributed by atoms with Crippen molar-refractivity contribution in [2.45, 2.75) is 78.6 Å². The SMILES string of the molecule is CCCCc1cc2c(cc1/C(C)=C/c1ccc(C(=O)O)cc1)C(C)(C)C(C)C2(C)C. The standard InChI is InChI=1S/C28H36O2/c1-8-9-10-22-16-24-25(28(6,7)19(3)27(24,4)5)17-23(22)18(2)15-20-11-13-21(14-12-20)26(29)30/h11-17,19H,8-10H2,1-7H3,(H,29,30)/b18-15+. The molecule has 0 aromatic heterocycles. The number of allylic oxidation sites excluding steroid dienone is 1. The van der Waals surface area contributed by atoms with Crippen LogP contribution in [0.2, 0.25) is 0 Å². The van der Waals surface area contributed by atoms with Crippen molar-refractivity contribution < 1.29 is 9.90 Å². The predicted molar refractivity (Wildman–Crippen MR) is 127 cm³/mol. The van der Waals surface area contributed by atoms with Gasteiger partial charge in [-0.15, -0.1) is 0 Å². The first-order valence-corrected chi connectivity index (χ1v) is 11.2. The quantitative estimate of drug-likeness (QED) is 0.506. The van der Waals surface area contributed by atoms with Crippen LogP contribution in [0, 0.1) is 5.92 Å². The summed E-state index contributed by atoms with van der Waals surface area (Å²) in [6.07, 6.45) is 5.64. The highest BCUT2D eigenvalue weighted by atomic mass is 16.4. The molecule has 1 unspecified atom stereocenters. The van der Waals surface area contributed by atoms with Crippen LogP contribution in [0.3, 0.4) is 0 Å². The fourth-order valence-corrected chi connectivity index (χ4v) is 5.07. The number of benzene rings is 2. The normalized spacial score (nSPS) is 19.6. The number of hydrogen-bond donors (Lipinski definition) is 1. The van der Waals surface area contributed by atoms with Gasteiger partial charge in [-0.25, -0.2) is 4.79 Å². The highest BCUT2D eigenvalue weighted by Crippen LogP contribution is 2.54. The molecule has 0 aliphatic heterocycles. The maximum absolute atomic E-state index is 11.1. The Morgan fingerprint density at radius 2 is 1.60 bits per heavy atom. The van der Waals surface area contributed by atoms with E-state index in [9.17, 15) is 4.79 Å². The first kappa shape index (κ1) is 22.3. The van der Waals surface area contributed by atoms with Gasteiger partial charge in [-0.1, -0.05) is 78.3 Å². The molecule has 0 fully saturated rings. The minimum absolute atomic E-state index is 0.139. The zero-order chi connectivity index (χ0) is 22.3. The van der Waals surface area contributed by atoms with Gasteiger partial charge in [-0.2, -0.15) is 0 Å². The highest BCUT2D eigenvalue weighted by molar-refractivity contribution is 5.88. The number of carboxylic acids is 1. The Morgan fingerprint density at radius 1 is 1.03 bits per heavy atom. The highest BCUT2D eigenvalue weighted by Gasteiger charge is 2.48. The van der Waals surface area contributed by atoms with Crippen molar-refractivity contribution in [1.29, 1.82) is 0 Å². The van der Waals surface area contributed by atoms with Gasteiger partial charge in [0.25, 0.3) is 0 Å². The van der Waals surface area contributed by atoms with Crippen LogP contribution in [0.4, 0.5) is 0 Å². The van der Waals surface area contributed by atoms with Crippen LogP contribution in [0.25, 0.3) is 11.6 Å². The van der Waals surface area contributed by atoms with Gasteiger partial charge in [0.2, 0.25) is 0 Å². The Hall–Kier alpha value is -2.35. The summed E-state index contributed by atoms with van der Waals surface area (Å²) in [5.41, 5.74) is 8.66. The molecule has 0 spiro atoms. The minimum atomic E-state index is -0.887. The van der Waals surface area contributed by atoms with Crippen LogP contribution in [0.15, 0.2) is 36.4 Å². The summed E-state index contributed by atoms with van der Waals surface area (Å²) in [7, 11) is 0. The number of carbonyl (C=O) groups is 1. The Morgan fingerprint density at radius 3 is 2.13 bits per heavy atom. The van der Waals surface area contributed by atoms with Crippen LogP contribution in [-0.4, -0.2) is 11.1 Å². The third-order valence-corrected chi connectivity index (χ3v) is 7.56. The van der Waals surface area contributed by atoms with Gasteiger partial charge in [0.1, 0.15) is 0 Å². The van der Waals surface area contributed by atoms with Gasteiger partial charge in [0, 0.05) is 0 Å². The summed E-state index contributed by atoms with van der Waals surface area (Å²) in [6, 6.07) is 12.1. The summed E-state index contributed by atoms with van der Waals surface area (Å²) >= 11 is 0. The molecular weight excluding hydrogens is 368 g/mol. The molecule has 2 aromatic rings. The molecule has 0 radical (unpaired) electrons. The van der Waals surface area contributed by atoms with Crippen molar-refractivity contribution >= 4 is 17.6 Å². The fraction of sp³-hybridized carbons (Fsp3) is 0.464. The van der Waals surface area contributed by atoms with Crippen LogP contribution >= 0.6 is 0 Å². The van der Waals surface area contributed by atoms with Crippen molar-refractivity contribution in [3.05, 3.63) is 69.8 Å². The zero-order valence-electron chi connectivity index (χ0n) is 19.6. The number of rotatable bonds is 6. The van der Waals surface area contributed by atoms with Gasteiger partial charge >= 0.3 is 5.97 Å². The van der Waals surface area contributed by atoms with E-state index < -0.39 is 5.97 Å². The first-order valence-electron chi connectivity index (χ1n) is 11.2. The average molecular weight is 405 g/mol. The van der Waals surface area contributed by atoms with E-state index in [0.717, 1.165) is 12.0 Å². The average Bonchev–Trinajstić information content (AvgIpc) is 2.83. The molecule has 2 heteroatoms. The summed E-state index contributed by atoms with van der Waals surface area (Å²) < 4.78 is 0. The molecule has 160 valence electrons. The molecule has 2 aromatic carbocycles. The Balaban J connectivity index is 2.11. The van der Waals surface area contributed by atoms with E-state index in [1.807, 2.05) is 12.1 Å². The molecule has 1 aliphatic rings. The molecule has 0 amide bonds. The maximum Gasteiger partial charge on any atom is 0.335 e. The van der Waals surface area contributed by atoms with E-state index in [1.165, 1.54) is 40.7 Å². The number of hydrogen-bond acceptors (Lipinski definition) is 1. The van der Waals surface area contributed by atoms with Crippen molar-refractivity contribution in [2.24, 2.45) is 5.92 Å². The van der Waals surface area contributed by atoms with Crippen molar-refractivity contribution in [2.75, 3.05) is 0 Å². The third-order valence-electron chi connectivity index (χ3n) is 7.56. The first-order chi connectivity index (χ1) is 14.0. The molecule has 0 saturated heterocycles. The Kier molecular flexibility index (Phi) is 6.00. The second kappa shape index (κ2) is 8.06. The number of aromatic carboxylic acids is 1. The lowest BCUT2D eigenvalue weighted by atomic mass is 9.71. The lowest BCUT2D eigenvalue weighted by Gasteiger charge is -2.32. The van der Waals surface area contributed by atoms with Gasteiger partial charge in [0.05, 0.1) is 5.56 Å². The summed E-state index contributed by atoms with van der Waals surface area (Å²) in [5.74, 6) is -0.316. The molecule has 0 saturated carbocycles. The minimum Gasteiger partial charge on any atom is -0.478 e. The van der Waals surface area contributed by atoms with Gasteiger partial charge in [0.15, 0.2) is 0 Å². The second-order valence-corrected chi connectivity index (χ2v) is 10.1. The fourth-order valence-electron chi connectivity index (χ4n) is 5.07. The summed E-state index contributed by atoms with van der Waals surface area (Å²) in [6.45, 7) is 16.4. The van der Waals surface area contributed by atoms with Crippen molar-refractivity contribution in [3.8, 4) is 0 Å². The van der Waals surface area contributed by atoms with E-state index in [1.54, 1.807) is 12.1 Å². The molecule has 0 heterocycles. The van der Waals surface area contributed by atoms with E-state index in [2.05, 4.69) is 66.7 Å². The Bertz CT molecular complexity index is 974. The second-order valence-electron chi connectivity index (χ2n) is 10.1. The number of aryl methyl sites for hydroxylation is 1. The molecule has 2 nitrogen and oxygen atoms in total. The number of fused-ring (bicyclic) bond motifs is 1. The smallest absolute Gasteiger partial charge is 0.335 e. The lowest BCUT2D eigenvalue weighted by Crippen LogP contribution is -2.30. The summed E-state index contributed by atoms with van der Waals surface area (Å²) in [5, 5.41) is 9.14. The van der Waals surface area contributed by atoms with Crippen molar-refractivity contribution in [1.82, 2.24) is 0 Å². The molecule has 1 atom stereocenters. The molecule has 0 bridgehead atoms. The molecular formula is C28H36O2. The van der Waals surface area contributed by atoms with E-state index >= 15 is 0 Å². The third kappa shape index (κ3) is 3.85. The van der Waals surface area contributed by atoms with Gasteiger partial charge in [-0.3, -0.25) is 0 Å². The molecule has 3 rings (SSSR count). The monoisotopic (exact) mass is 404 g/mol.